The van der Waals surface area contributed by atoms with Crippen molar-refractivity contribution in [1.29, 1.82) is 0 Å². The Balaban J connectivity index is 2.16. The van der Waals surface area contributed by atoms with Crippen molar-refractivity contribution in [2.24, 2.45) is 0 Å². The topological polar surface area (TPSA) is 114 Å². The number of non-ortho nitro benzene ring substituents is 1. The van der Waals surface area contributed by atoms with Gasteiger partial charge in [0.15, 0.2) is 0 Å². The Morgan fingerprint density at radius 1 is 1.23 bits per heavy atom. The van der Waals surface area contributed by atoms with E-state index in [4.69, 9.17) is 4.74 Å². The summed E-state index contributed by atoms with van der Waals surface area (Å²) in [6.45, 7) is 0. The van der Waals surface area contributed by atoms with Crippen molar-refractivity contribution in [3.8, 4) is 11.5 Å². The van der Waals surface area contributed by atoms with E-state index in [9.17, 15) is 20.0 Å². The lowest BCUT2D eigenvalue weighted by molar-refractivity contribution is -0.384. The number of rotatable bonds is 4. The van der Waals surface area contributed by atoms with Gasteiger partial charge in [0, 0.05) is 23.9 Å². The van der Waals surface area contributed by atoms with Crippen LogP contribution in [-0.2, 0) is 0 Å². The standard InChI is InChI=1S/C14H13N3O5/c1-22-13-6-5-10(17(20)21)8-12(13)16-14(19)15-9-3-2-4-11(18)7-9/h2-8,18H,1H3,(H2,15,16,19). The van der Waals surface area contributed by atoms with Gasteiger partial charge in [0.2, 0.25) is 0 Å². The summed E-state index contributed by atoms with van der Waals surface area (Å²) >= 11 is 0. The minimum absolute atomic E-state index is 0.00531. The molecule has 0 saturated carbocycles. The second kappa shape index (κ2) is 6.44. The molecule has 0 aliphatic heterocycles. The van der Waals surface area contributed by atoms with Crippen LogP contribution >= 0.6 is 0 Å². The molecule has 0 spiro atoms. The van der Waals surface area contributed by atoms with Gasteiger partial charge in [0.1, 0.15) is 11.5 Å². The number of amides is 2. The summed E-state index contributed by atoms with van der Waals surface area (Å²) in [7, 11) is 1.39. The quantitative estimate of drug-likeness (QED) is 0.593. The number of hydrogen-bond acceptors (Lipinski definition) is 5. The third kappa shape index (κ3) is 3.63. The highest BCUT2D eigenvalue weighted by molar-refractivity contribution is 6.01. The fraction of sp³-hybridized carbons (Fsp3) is 0.0714. The Labute approximate surface area is 125 Å². The minimum atomic E-state index is -0.621. The highest BCUT2D eigenvalue weighted by Gasteiger charge is 2.13. The fourth-order valence-corrected chi connectivity index (χ4v) is 1.78. The van der Waals surface area contributed by atoms with Crippen molar-refractivity contribution in [3.63, 3.8) is 0 Å². The molecule has 2 amide bonds. The van der Waals surface area contributed by atoms with Gasteiger partial charge < -0.3 is 20.5 Å². The average molecular weight is 303 g/mol. The van der Waals surface area contributed by atoms with Crippen LogP contribution in [0.2, 0.25) is 0 Å². The number of ether oxygens (including phenoxy) is 1. The average Bonchev–Trinajstić information content (AvgIpc) is 2.47. The Kier molecular flexibility index (Phi) is 4.42. The van der Waals surface area contributed by atoms with Crippen molar-refractivity contribution < 1.29 is 19.6 Å². The van der Waals surface area contributed by atoms with E-state index in [1.807, 2.05) is 0 Å². The first-order valence-corrected chi connectivity index (χ1v) is 6.19. The van der Waals surface area contributed by atoms with Gasteiger partial charge in [-0.25, -0.2) is 4.79 Å². The molecule has 0 unspecified atom stereocenters. The molecule has 0 aliphatic rings. The van der Waals surface area contributed by atoms with Crippen LogP contribution in [0.1, 0.15) is 0 Å². The molecular weight excluding hydrogens is 290 g/mol. The van der Waals surface area contributed by atoms with Gasteiger partial charge in [-0.15, -0.1) is 0 Å². The lowest BCUT2D eigenvalue weighted by Gasteiger charge is -2.11. The number of carbonyl (C=O) groups is 1. The molecule has 114 valence electrons. The van der Waals surface area contributed by atoms with E-state index in [0.717, 1.165) is 0 Å². The Bertz CT molecular complexity index is 717. The number of nitrogens with zero attached hydrogens (tertiary/aromatic N) is 1. The van der Waals surface area contributed by atoms with Crippen molar-refractivity contribution in [2.45, 2.75) is 0 Å². The smallest absolute Gasteiger partial charge is 0.323 e. The van der Waals surface area contributed by atoms with Gasteiger partial charge in [-0.1, -0.05) is 6.07 Å². The van der Waals surface area contributed by atoms with E-state index < -0.39 is 11.0 Å². The zero-order chi connectivity index (χ0) is 16.1. The molecule has 3 N–H and O–H groups in total. The summed E-state index contributed by atoms with van der Waals surface area (Å²) in [6.07, 6.45) is 0. The zero-order valence-corrected chi connectivity index (χ0v) is 11.6. The number of hydrogen-bond donors (Lipinski definition) is 3. The molecule has 0 radical (unpaired) electrons. The third-order valence-corrected chi connectivity index (χ3v) is 2.75. The number of phenols is 1. The van der Waals surface area contributed by atoms with Crippen LogP contribution in [-0.4, -0.2) is 23.2 Å². The van der Waals surface area contributed by atoms with Crippen LogP contribution < -0.4 is 15.4 Å². The first-order valence-electron chi connectivity index (χ1n) is 6.19. The number of carbonyl (C=O) groups excluding carboxylic acids is 1. The van der Waals surface area contributed by atoms with Gasteiger partial charge in [0.05, 0.1) is 17.7 Å². The van der Waals surface area contributed by atoms with E-state index in [0.29, 0.717) is 5.69 Å². The number of benzene rings is 2. The number of methoxy groups -OCH3 is 1. The van der Waals surface area contributed by atoms with Crippen molar-refractivity contribution in [3.05, 3.63) is 52.6 Å². The van der Waals surface area contributed by atoms with Crippen LogP contribution in [0.3, 0.4) is 0 Å². The monoisotopic (exact) mass is 303 g/mol. The number of nitro benzene ring substituents is 1. The number of aromatic hydroxyl groups is 1. The Hall–Kier alpha value is -3.29. The highest BCUT2D eigenvalue weighted by atomic mass is 16.6. The van der Waals surface area contributed by atoms with Gasteiger partial charge >= 0.3 is 6.03 Å². The van der Waals surface area contributed by atoms with E-state index in [2.05, 4.69) is 10.6 Å². The molecule has 22 heavy (non-hydrogen) atoms. The number of urea groups is 1. The predicted octanol–water partition coefficient (Wildman–Crippen LogP) is 2.95. The second-order valence-corrected chi connectivity index (χ2v) is 4.27. The van der Waals surface area contributed by atoms with Crippen LogP contribution in [0.5, 0.6) is 11.5 Å². The van der Waals surface area contributed by atoms with Crippen molar-refractivity contribution in [2.75, 3.05) is 17.7 Å². The van der Waals surface area contributed by atoms with Crippen LogP contribution in [0.4, 0.5) is 21.9 Å². The molecule has 2 rings (SSSR count). The van der Waals surface area contributed by atoms with E-state index in [-0.39, 0.29) is 22.9 Å². The summed E-state index contributed by atoms with van der Waals surface area (Å²) in [4.78, 5) is 22.1. The number of phenolic OH excluding ortho intramolecular Hbond substituents is 1. The molecular formula is C14H13N3O5. The molecule has 0 heterocycles. The molecule has 0 aromatic heterocycles. The maximum absolute atomic E-state index is 11.9. The molecule has 0 saturated heterocycles. The lowest BCUT2D eigenvalue weighted by atomic mass is 10.2. The number of nitro groups is 1. The molecule has 2 aromatic rings. The molecule has 8 nitrogen and oxygen atoms in total. The highest BCUT2D eigenvalue weighted by Crippen LogP contribution is 2.29. The zero-order valence-electron chi connectivity index (χ0n) is 11.6. The first kappa shape index (κ1) is 15.1. The lowest BCUT2D eigenvalue weighted by Crippen LogP contribution is -2.19. The van der Waals surface area contributed by atoms with Gasteiger partial charge in [0.25, 0.3) is 5.69 Å². The predicted molar refractivity (Wildman–Crippen MR) is 80.4 cm³/mol. The summed E-state index contributed by atoms with van der Waals surface area (Å²) in [5.74, 6) is 0.294. The second-order valence-electron chi connectivity index (χ2n) is 4.27. The van der Waals surface area contributed by atoms with Gasteiger partial charge in [-0.3, -0.25) is 10.1 Å². The number of anilines is 2. The van der Waals surface area contributed by atoms with Crippen molar-refractivity contribution >= 4 is 23.1 Å². The summed E-state index contributed by atoms with van der Waals surface area (Å²) in [6, 6.07) is 9.23. The molecule has 8 heteroatoms. The maximum atomic E-state index is 11.9. The normalized spacial score (nSPS) is 9.86. The Morgan fingerprint density at radius 2 is 2.00 bits per heavy atom. The molecule has 0 fully saturated rings. The SMILES string of the molecule is COc1ccc([N+](=O)[O-])cc1NC(=O)Nc1cccc(O)c1. The van der Waals surface area contributed by atoms with Crippen molar-refractivity contribution in [1.82, 2.24) is 0 Å². The summed E-state index contributed by atoms with van der Waals surface area (Å²) in [5.41, 5.74) is 0.365. The van der Waals surface area contributed by atoms with Gasteiger partial charge in [-0.05, 0) is 18.2 Å². The molecule has 2 aromatic carbocycles. The molecule has 0 atom stereocenters. The van der Waals surface area contributed by atoms with Crippen LogP contribution in [0.25, 0.3) is 0 Å². The summed E-state index contributed by atoms with van der Waals surface area (Å²) < 4.78 is 5.05. The van der Waals surface area contributed by atoms with E-state index in [1.54, 1.807) is 12.1 Å². The Morgan fingerprint density at radius 3 is 2.64 bits per heavy atom. The first-order chi connectivity index (χ1) is 10.5. The van der Waals surface area contributed by atoms with Crippen LogP contribution in [0.15, 0.2) is 42.5 Å². The third-order valence-electron chi connectivity index (χ3n) is 2.75. The summed E-state index contributed by atoms with van der Waals surface area (Å²) in [5, 5.41) is 25.1. The molecule has 0 bridgehead atoms. The van der Waals surface area contributed by atoms with Gasteiger partial charge in [-0.2, -0.15) is 0 Å². The molecule has 0 aliphatic carbocycles. The largest absolute Gasteiger partial charge is 0.508 e. The minimum Gasteiger partial charge on any atom is -0.508 e. The van der Waals surface area contributed by atoms with E-state index >= 15 is 0 Å². The number of nitrogens with one attached hydrogen (secondary N) is 2. The fourth-order valence-electron chi connectivity index (χ4n) is 1.78. The van der Waals surface area contributed by atoms with Crippen LogP contribution in [0, 0.1) is 10.1 Å². The maximum Gasteiger partial charge on any atom is 0.323 e. The van der Waals surface area contributed by atoms with E-state index in [1.165, 1.54) is 37.4 Å².